The molecule has 1 aromatic carbocycles. The Morgan fingerprint density at radius 3 is 2.65 bits per heavy atom. The molecule has 2 aliphatic rings. The molecule has 1 fully saturated rings. The average molecular weight is 359 g/mol. The van der Waals surface area contributed by atoms with Crippen molar-refractivity contribution in [3.8, 4) is 0 Å². The molecule has 26 heavy (non-hydrogen) atoms. The number of carboxylic acids is 1. The van der Waals surface area contributed by atoms with Crippen LogP contribution in [0.1, 0.15) is 42.6 Å². The number of rotatable bonds is 3. The van der Waals surface area contributed by atoms with Gasteiger partial charge in [-0.05, 0) is 25.3 Å². The third kappa shape index (κ3) is 2.21. The summed E-state index contributed by atoms with van der Waals surface area (Å²) in [7, 11) is 1.64. The minimum Gasteiger partial charge on any atom is -0.477 e. The summed E-state index contributed by atoms with van der Waals surface area (Å²) in [6, 6.07) is 0.619. The number of likely N-dealkylation sites (N-methyl/N-ethyl adjacent to an activating group) is 1. The molecule has 8 heteroatoms. The van der Waals surface area contributed by atoms with Crippen molar-refractivity contribution in [2.75, 3.05) is 17.3 Å². The van der Waals surface area contributed by atoms with E-state index in [2.05, 4.69) is 5.32 Å². The molecule has 0 saturated heterocycles. The van der Waals surface area contributed by atoms with Gasteiger partial charge < -0.3 is 19.9 Å². The van der Waals surface area contributed by atoms with E-state index in [1.807, 2.05) is 6.92 Å². The van der Waals surface area contributed by atoms with E-state index >= 15 is 0 Å². The highest BCUT2D eigenvalue weighted by molar-refractivity contribution is 6.12. The van der Waals surface area contributed by atoms with Crippen LogP contribution < -0.4 is 15.6 Å². The molecule has 0 spiro atoms. The summed E-state index contributed by atoms with van der Waals surface area (Å²) < 4.78 is 16.6. The minimum absolute atomic E-state index is 0.0308. The largest absolute Gasteiger partial charge is 0.477 e. The molecule has 0 radical (unpaired) electrons. The van der Waals surface area contributed by atoms with E-state index in [-0.39, 0.29) is 28.7 Å². The molecule has 1 aromatic heterocycles. The van der Waals surface area contributed by atoms with Crippen LogP contribution in [-0.4, -0.2) is 34.6 Å². The minimum atomic E-state index is -1.35. The number of hydrogen-bond acceptors (Lipinski definition) is 4. The first-order valence-electron chi connectivity index (χ1n) is 8.53. The number of carbonyl (C=O) groups is 2. The predicted octanol–water partition coefficient (Wildman–Crippen LogP) is 2.34. The number of benzene rings is 1. The zero-order valence-electron chi connectivity index (χ0n) is 14.4. The summed E-state index contributed by atoms with van der Waals surface area (Å²) in [5.74, 6) is -2.28. The first-order chi connectivity index (χ1) is 12.3. The lowest BCUT2D eigenvalue weighted by Crippen LogP contribution is -2.46. The van der Waals surface area contributed by atoms with Gasteiger partial charge in [-0.1, -0.05) is 6.92 Å². The van der Waals surface area contributed by atoms with Crippen LogP contribution in [0.25, 0.3) is 10.9 Å². The number of aromatic carboxylic acids is 1. The molecule has 136 valence electrons. The fourth-order valence-electron chi connectivity index (χ4n) is 3.73. The van der Waals surface area contributed by atoms with Gasteiger partial charge in [-0.2, -0.15) is 0 Å². The zero-order chi connectivity index (χ0) is 18.7. The molecule has 2 aromatic rings. The number of nitrogens with one attached hydrogen (secondary N) is 1. The number of carbonyl (C=O) groups excluding carboxylic acids is 1. The van der Waals surface area contributed by atoms with E-state index in [9.17, 15) is 23.9 Å². The Bertz CT molecular complexity index is 1030. The fourth-order valence-corrected chi connectivity index (χ4v) is 3.73. The summed E-state index contributed by atoms with van der Waals surface area (Å²) in [5.41, 5.74) is -0.307. The maximum Gasteiger partial charge on any atom is 0.341 e. The molecule has 2 heterocycles. The Morgan fingerprint density at radius 1 is 1.38 bits per heavy atom. The number of hydrogen-bond donors (Lipinski definition) is 2. The second-order valence-electron chi connectivity index (χ2n) is 6.82. The quantitative estimate of drug-likeness (QED) is 0.878. The smallest absolute Gasteiger partial charge is 0.341 e. The van der Waals surface area contributed by atoms with Crippen molar-refractivity contribution in [2.45, 2.75) is 38.3 Å². The standard InChI is InChI=1S/C18H18FN3O4/c1-3-12-17(24)20-13-14-9(6-11(19)15(13)21(12)2)16(23)10(18(25)26)7-22(14)8-4-5-8/h6-8,12H,3-5H2,1-2H3,(H,20,24)(H,25,26)/t12-/m0/s1. The Kier molecular flexibility index (Phi) is 3.54. The van der Waals surface area contributed by atoms with Crippen molar-refractivity contribution in [1.29, 1.82) is 0 Å². The summed E-state index contributed by atoms with van der Waals surface area (Å²) in [4.78, 5) is 38.1. The summed E-state index contributed by atoms with van der Waals surface area (Å²) in [6.45, 7) is 1.84. The van der Waals surface area contributed by atoms with Crippen LogP contribution in [0.3, 0.4) is 0 Å². The molecular formula is C18H18FN3O4. The Morgan fingerprint density at radius 2 is 2.08 bits per heavy atom. The summed E-state index contributed by atoms with van der Waals surface area (Å²) in [6.07, 6.45) is 3.49. The topological polar surface area (TPSA) is 91.6 Å². The molecule has 1 saturated carbocycles. The van der Waals surface area contributed by atoms with Crippen LogP contribution in [0.5, 0.6) is 0 Å². The summed E-state index contributed by atoms with van der Waals surface area (Å²) in [5, 5.41) is 12.0. The van der Waals surface area contributed by atoms with Crippen molar-refractivity contribution < 1.29 is 19.1 Å². The molecular weight excluding hydrogens is 341 g/mol. The zero-order valence-corrected chi connectivity index (χ0v) is 14.4. The Balaban J connectivity index is 2.12. The van der Waals surface area contributed by atoms with Gasteiger partial charge in [-0.25, -0.2) is 9.18 Å². The molecule has 1 atom stereocenters. The highest BCUT2D eigenvalue weighted by atomic mass is 19.1. The Labute approximate surface area is 148 Å². The number of fused-ring (bicyclic) bond motifs is 3. The predicted molar refractivity (Wildman–Crippen MR) is 94.5 cm³/mol. The maximum atomic E-state index is 14.9. The number of nitrogens with zero attached hydrogens (tertiary/aromatic N) is 2. The van der Waals surface area contributed by atoms with E-state index in [1.54, 1.807) is 16.5 Å². The van der Waals surface area contributed by atoms with Crippen LogP contribution in [0.4, 0.5) is 15.8 Å². The number of aromatic nitrogens is 1. The molecule has 2 N–H and O–H groups in total. The Hall–Kier alpha value is -2.90. The lowest BCUT2D eigenvalue weighted by Gasteiger charge is -2.36. The van der Waals surface area contributed by atoms with E-state index < -0.39 is 28.8 Å². The number of anilines is 2. The molecule has 1 amide bonds. The molecule has 1 aliphatic carbocycles. The van der Waals surface area contributed by atoms with E-state index in [4.69, 9.17) is 0 Å². The van der Waals surface area contributed by atoms with Crippen molar-refractivity contribution in [2.24, 2.45) is 0 Å². The van der Waals surface area contributed by atoms with Gasteiger partial charge in [0, 0.05) is 19.3 Å². The molecule has 4 rings (SSSR count). The van der Waals surface area contributed by atoms with Crippen molar-refractivity contribution in [3.05, 3.63) is 33.9 Å². The van der Waals surface area contributed by atoms with Gasteiger partial charge in [-0.3, -0.25) is 9.59 Å². The third-order valence-electron chi connectivity index (χ3n) is 5.17. The normalized spacial score (nSPS) is 19.4. The van der Waals surface area contributed by atoms with Crippen molar-refractivity contribution >= 4 is 34.2 Å². The van der Waals surface area contributed by atoms with E-state index in [0.717, 1.165) is 18.9 Å². The van der Waals surface area contributed by atoms with Gasteiger partial charge in [0.05, 0.1) is 22.3 Å². The highest BCUT2D eigenvalue weighted by Crippen LogP contribution is 2.44. The van der Waals surface area contributed by atoms with E-state index in [0.29, 0.717) is 11.9 Å². The number of pyridine rings is 1. The van der Waals surface area contributed by atoms with Gasteiger partial charge >= 0.3 is 5.97 Å². The fraction of sp³-hybridized carbons (Fsp3) is 0.389. The molecule has 0 bridgehead atoms. The number of halogens is 1. The average Bonchev–Trinajstić information content (AvgIpc) is 3.40. The SMILES string of the molecule is CC[C@H]1C(=O)Nc2c(c(F)cc3c(=O)c(C(=O)O)cn(C4CC4)c23)N1C. The summed E-state index contributed by atoms with van der Waals surface area (Å²) >= 11 is 0. The maximum absolute atomic E-state index is 14.9. The first-order valence-corrected chi connectivity index (χ1v) is 8.53. The lowest BCUT2D eigenvalue weighted by atomic mass is 10.0. The van der Waals surface area contributed by atoms with E-state index in [1.165, 1.54) is 6.20 Å². The lowest BCUT2D eigenvalue weighted by molar-refractivity contribution is -0.117. The number of carboxylic acid groups (broad SMARTS) is 1. The van der Waals surface area contributed by atoms with Gasteiger partial charge in [-0.15, -0.1) is 0 Å². The van der Waals surface area contributed by atoms with Crippen molar-refractivity contribution in [3.63, 3.8) is 0 Å². The highest BCUT2D eigenvalue weighted by Gasteiger charge is 2.36. The monoisotopic (exact) mass is 359 g/mol. The van der Waals surface area contributed by atoms with Crippen LogP contribution in [0.2, 0.25) is 0 Å². The van der Waals surface area contributed by atoms with Crippen LogP contribution in [0, 0.1) is 5.82 Å². The second kappa shape index (κ2) is 5.55. The third-order valence-corrected chi connectivity index (χ3v) is 5.17. The van der Waals surface area contributed by atoms with Crippen LogP contribution >= 0.6 is 0 Å². The number of amides is 1. The molecule has 1 aliphatic heterocycles. The second-order valence-corrected chi connectivity index (χ2v) is 6.82. The van der Waals surface area contributed by atoms with Gasteiger partial charge in [0.15, 0.2) is 0 Å². The first kappa shape index (κ1) is 16.6. The van der Waals surface area contributed by atoms with Gasteiger partial charge in [0.1, 0.15) is 17.4 Å². The van der Waals surface area contributed by atoms with Crippen LogP contribution in [0.15, 0.2) is 17.1 Å². The molecule has 7 nitrogen and oxygen atoms in total. The van der Waals surface area contributed by atoms with Crippen molar-refractivity contribution in [1.82, 2.24) is 4.57 Å². The van der Waals surface area contributed by atoms with Gasteiger partial charge in [0.25, 0.3) is 0 Å². The molecule has 0 unspecified atom stereocenters. The van der Waals surface area contributed by atoms with Gasteiger partial charge in [0.2, 0.25) is 11.3 Å². The van der Waals surface area contributed by atoms with Crippen LogP contribution in [-0.2, 0) is 4.79 Å².